The molecule has 196 valence electrons. The summed E-state index contributed by atoms with van der Waals surface area (Å²) in [6.45, 7) is 4.59. The van der Waals surface area contributed by atoms with Gasteiger partial charge in [0.05, 0.1) is 36.8 Å². The van der Waals surface area contributed by atoms with Crippen LogP contribution in [0.15, 0.2) is 97.2 Å². The van der Waals surface area contributed by atoms with Crippen molar-refractivity contribution in [2.45, 2.75) is 32.9 Å². The molecule has 1 aliphatic heterocycles. The number of methoxy groups -OCH3 is 1. The highest BCUT2D eigenvalue weighted by atomic mass is 16.5. The van der Waals surface area contributed by atoms with Crippen LogP contribution in [0, 0.1) is 6.92 Å². The maximum atomic E-state index is 14.1. The van der Waals surface area contributed by atoms with Crippen molar-refractivity contribution in [3.05, 3.63) is 125 Å². The minimum Gasteiger partial charge on any atom is -0.497 e. The molecule has 1 aliphatic rings. The van der Waals surface area contributed by atoms with Crippen molar-refractivity contribution < 1.29 is 9.53 Å². The molecule has 0 bridgehead atoms. The van der Waals surface area contributed by atoms with Crippen LogP contribution in [0.2, 0.25) is 0 Å². The molecule has 7 nitrogen and oxygen atoms in total. The van der Waals surface area contributed by atoms with Crippen molar-refractivity contribution in [2.75, 3.05) is 12.4 Å². The van der Waals surface area contributed by atoms with Crippen molar-refractivity contribution in [2.24, 2.45) is 0 Å². The number of amides is 2. The number of aromatic nitrogens is 3. The van der Waals surface area contributed by atoms with Gasteiger partial charge in [0.25, 0.3) is 0 Å². The van der Waals surface area contributed by atoms with Gasteiger partial charge in [0.15, 0.2) is 0 Å². The van der Waals surface area contributed by atoms with E-state index < -0.39 is 0 Å². The predicted molar refractivity (Wildman–Crippen MR) is 153 cm³/mol. The number of hydrogen-bond donors (Lipinski definition) is 1. The number of fused-ring (bicyclic) bond motifs is 3. The first-order valence-electron chi connectivity index (χ1n) is 13.2. The number of carbonyl (C=O) groups is 1. The molecule has 1 atom stereocenters. The number of urea groups is 1. The summed E-state index contributed by atoms with van der Waals surface area (Å²) in [5, 5.41) is 8.16. The van der Waals surface area contributed by atoms with E-state index in [4.69, 9.17) is 9.84 Å². The third kappa shape index (κ3) is 4.46. The average molecular weight is 518 g/mol. The van der Waals surface area contributed by atoms with E-state index in [1.807, 2.05) is 58.1 Å². The Morgan fingerprint density at radius 2 is 1.72 bits per heavy atom. The molecule has 3 aromatic carbocycles. The quantitative estimate of drug-likeness (QED) is 0.283. The highest BCUT2D eigenvalue weighted by Crippen LogP contribution is 2.39. The Hall–Kier alpha value is -4.78. The summed E-state index contributed by atoms with van der Waals surface area (Å²) >= 11 is 0. The van der Waals surface area contributed by atoms with E-state index in [1.54, 1.807) is 7.11 Å². The van der Waals surface area contributed by atoms with Gasteiger partial charge in [-0.25, -0.2) is 9.48 Å². The standard InChI is InChI=1S/C32H31N5O2/c1-4-28-27-21-36(32(38)33-24-16-18-26(39-3)19-17-24)30(23-14-12-22(2)13-15-23)29-11-8-20-35(29)31(27)37(34-28)25-9-6-5-7-10-25/h5-20,30H,4,21H2,1-3H3,(H,33,38). The van der Waals surface area contributed by atoms with E-state index in [-0.39, 0.29) is 12.1 Å². The van der Waals surface area contributed by atoms with E-state index in [1.165, 1.54) is 5.56 Å². The summed E-state index contributed by atoms with van der Waals surface area (Å²) in [6.07, 6.45) is 2.82. The lowest BCUT2D eigenvalue weighted by Gasteiger charge is -2.31. The molecule has 3 heterocycles. The Kier molecular flexibility index (Phi) is 6.40. The van der Waals surface area contributed by atoms with Crippen LogP contribution in [-0.2, 0) is 13.0 Å². The Balaban J connectivity index is 1.52. The van der Waals surface area contributed by atoms with Gasteiger partial charge >= 0.3 is 6.03 Å². The van der Waals surface area contributed by atoms with E-state index >= 15 is 0 Å². The molecule has 1 N–H and O–H groups in total. The number of anilines is 1. The summed E-state index contributed by atoms with van der Waals surface area (Å²) in [4.78, 5) is 16.0. The molecule has 0 saturated carbocycles. The van der Waals surface area contributed by atoms with Gasteiger partial charge in [-0.2, -0.15) is 5.10 Å². The molecule has 0 radical (unpaired) electrons. The van der Waals surface area contributed by atoms with Crippen LogP contribution in [-0.4, -0.2) is 32.4 Å². The lowest BCUT2D eigenvalue weighted by molar-refractivity contribution is 0.194. The highest BCUT2D eigenvalue weighted by molar-refractivity contribution is 5.90. The molecular weight excluding hydrogens is 486 g/mol. The van der Waals surface area contributed by atoms with Crippen LogP contribution < -0.4 is 10.1 Å². The first-order valence-corrected chi connectivity index (χ1v) is 13.2. The molecule has 0 fully saturated rings. The number of nitrogens with zero attached hydrogens (tertiary/aromatic N) is 4. The van der Waals surface area contributed by atoms with Crippen molar-refractivity contribution in [3.63, 3.8) is 0 Å². The number of hydrogen-bond acceptors (Lipinski definition) is 3. The highest BCUT2D eigenvalue weighted by Gasteiger charge is 2.36. The van der Waals surface area contributed by atoms with Crippen LogP contribution in [0.1, 0.15) is 41.0 Å². The zero-order valence-electron chi connectivity index (χ0n) is 22.3. The largest absolute Gasteiger partial charge is 0.497 e. The topological polar surface area (TPSA) is 64.3 Å². The van der Waals surface area contributed by atoms with Gasteiger partial charge in [0.1, 0.15) is 11.6 Å². The molecule has 0 saturated heterocycles. The molecule has 5 aromatic rings. The molecule has 39 heavy (non-hydrogen) atoms. The number of carbonyl (C=O) groups excluding carboxylic acids is 1. The second-order valence-corrected chi connectivity index (χ2v) is 9.75. The van der Waals surface area contributed by atoms with Crippen molar-refractivity contribution >= 4 is 11.7 Å². The van der Waals surface area contributed by atoms with Crippen LogP contribution >= 0.6 is 0 Å². The Labute approximate surface area is 228 Å². The fraction of sp³-hybridized carbons (Fsp3) is 0.188. The van der Waals surface area contributed by atoms with Gasteiger partial charge < -0.3 is 19.5 Å². The smallest absolute Gasteiger partial charge is 0.322 e. The average Bonchev–Trinajstić information content (AvgIpc) is 3.56. The number of aryl methyl sites for hydroxylation is 2. The van der Waals surface area contributed by atoms with Gasteiger partial charge in [0, 0.05) is 17.4 Å². The van der Waals surface area contributed by atoms with E-state index in [9.17, 15) is 4.79 Å². The second-order valence-electron chi connectivity index (χ2n) is 9.75. The molecule has 2 aromatic heterocycles. The van der Waals surface area contributed by atoms with Crippen molar-refractivity contribution in [3.8, 4) is 17.3 Å². The molecule has 1 unspecified atom stereocenters. The molecule has 2 amide bonds. The number of benzene rings is 3. The SMILES string of the molecule is CCc1nn(-c2ccccc2)c2c1CN(C(=O)Nc1ccc(OC)cc1)C(c1ccc(C)cc1)c1cccn1-2. The molecule has 0 spiro atoms. The van der Waals surface area contributed by atoms with E-state index in [2.05, 4.69) is 72.4 Å². The van der Waals surface area contributed by atoms with Crippen LogP contribution in [0.4, 0.5) is 10.5 Å². The lowest BCUT2D eigenvalue weighted by Crippen LogP contribution is -2.38. The normalized spacial score (nSPS) is 14.3. The first-order chi connectivity index (χ1) is 19.1. The fourth-order valence-electron chi connectivity index (χ4n) is 5.32. The van der Waals surface area contributed by atoms with E-state index in [0.29, 0.717) is 12.2 Å². The lowest BCUT2D eigenvalue weighted by atomic mass is 10.0. The minimum atomic E-state index is -0.305. The van der Waals surface area contributed by atoms with Gasteiger partial charge in [-0.3, -0.25) is 0 Å². The first kappa shape index (κ1) is 24.6. The molecule has 6 rings (SSSR count). The summed E-state index contributed by atoms with van der Waals surface area (Å²) in [5.41, 5.74) is 6.93. The number of nitrogens with one attached hydrogen (secondary N) is 1. The Morgan fingerprint density at radius 1 is 0.974 bits per heavy atom. The van der Waals surface area contributed by atoms with Gasteiger partial charge in [-0.15, -0.1) is 0 Å². The summed E-state index contributed by atoms with van der Waals surface area (Å²) < 4.78 is 9.49. The third-order valence-electron chi connectivity index (χ3n) is 7.30. The van der Waals surface area contributed by atoms with Crippen molar-refractivity contribution in [1.29, 1.82) is 0 Å². The zero-order chi connectivity index (χ0) is 26.9. The maximum Gasteiger partial charge on any atom is 0.322 e. The van der Waals surface area contributed by atoms with Crippen LogP contribution in [0.3, 0.4) is 0 Å². The van der Waals surface area contributed by atoms with Crippen LogP contribution in [0.25, 0.3) is 11.5 Å². The summed E-state index contributed by atoms with van der Waals surface area (Å²) in [5.74, 6) is 1.71. The third-order valence-corrected chi connectivity index (χ3v) is 7.30. The molecular formula is C32H31N5O2. The predicted octanol–water partition coefficient (Wildman–Crippen LogP) is 6.68. The second kappa shape index (κ2) is 10.2. The van der Waals surface area contributed by atoms with Gasteiger partial charge in [-0.05, 0) is 67.4 Å². The Bertz CT molecular complexity index is 1600. The maximum absolute atomic E-state index is 14.1. The zero-order valence-corrected chi connectivity index (χ0v) is 22.3. The fourth-order valence-corrected chi connectivity index (χ4v) is 5.32. The van der Waals surface area contributed by atoms with Crippen LogP contribution in [0.5, 0.6) is 5.75 Å². The van der Waals surface area contributed by atoms with Crippen molar-refractivity contribution in [1.82, 2.24) is 19.2 Å². The molecule has 0 aliphatic carbocycles. The monoisotopic (exact) mass is 517 g/mol. The van der Waals surface area contributed by atoms with Gasteiger partial charge in [-0.1, -0.05) is 55.0 Å². The molecule has 7 heteroatoms. The Morgan fingerprint density at radius 3 is 2.41 bits per heavy atom. The number of para-hydroxylation sites is 1. The number of rotatable bonds is 5. The van der Waals surface area contributed by atoms with Gasteiger partial charge in [0.2, 0.25) is 0 Å². The minimum absolute atomic E-state index is 0.180. The number of ether oxygens (including phenoxy) is 1. The van der Waals surface area contributed by atoms with E-state index in [0.717, 1.165) is 46.2 Å². The summed E-state index contributed by atoms with van der Waals surface area (Å²) in [6, 6.07) is 29.7. The summed E-state index contributed by atoms with van der Waals surface area (Å²) in [7, 11) is 1.63.